The number of nitrogen functional groups attached to an aromatic ring is 1. The fraction of sp³-hybridized carbons (Fsp3) is 0.143. The molecule has 106 valence electrons. The van der Waals surface area contributed by atoms with Crippen LogP contribution in [0, 0.1) is 17.5 Å². The normalized spacial score (nSPS) is 10.7. The number of halogens is 4. The van der Waals surface area contributed by atoms with E-state index in [1.165, 1.54) is 19.2 Å². The van der Waals surface area contributed by atoms with E-state index in [0.717, 1.165) is 6.07 Å². The third-order valence-corrected chi connectivity index (χ3v) is 3.42. The molecule has 0 radical (unpaired) electrons. The molecule has 0 aromatic heterocycles. The maximum Gasteiger partial charge on any atom is 0.164 e. The molecule has 2 nitrogen and oxygen atoms in total. The summed E-state index contributed by atoms with van der Waals surface area (Å²) in [5.41, 5.74) is 5.79. The van der Waals surface area contributed by atoms with Crippen LogP contribution in [0.5, 0.6) is 5.75 Å². The highest BCUT2D eigenvalue weighted by Crippen LogP contribution is 2.32. The van der Waals surface area contributed by atoms with E-state index in [0.29, 0.717) is 4.47 Å². The Bertz CT molecular complexity index is 661. The van der Waals surface area contributed by atoms with Crippen LogP contribution >= 0.6 is 15.9 Å². The Hall–Kier alpha value is -1.69. The highest BCUT2D eigenvalue weighted by molar-refractivity contribution is 9.10. The first-order valence-electron chi connectivity index (χ1n) is 5.68. The molecule has 0 atom stereocenters. The van der Waals surface area contributed by atoms with Gasteiger partial charge in [0.2, 0.25) is 0 Å². The van der Waals surface area contributed by atoms with Crippen molar-refractivity contribution in [2.45, 2.75) is 6.42 Å². The second kappa shape index (κ2) is 5.75. The number of methoxy groups -OCH3 is 1. The molecule has 20 heavy (non-hydrogen) atoms. The summed E-state index contributed by atoms with van der Waals surface area (Å²) in [6.07, 6.45) is -0.162. The van der Waals surface area contributed by atoms with E-state index < -0.39 is 17.5 Å². The molecular formula is C14H11BrF3NO. The number of ether oxygens (including phenoxy) is 1. The highest BCUT2D eigenvalue weighted by Gasteiger charge is 2.18. The van der Waals surface area contributed by atoms with Crippen molar-refractivity contribution in [3.63, 3.8) is 0 Å². The molecule has 0 saturated heterocycles. The molecule has 0 heterocycles. The van der Waals surface area contributed by atoms with Gasteiger partial charge >= 0.3 is 0 Å². The van der Waals surface area contributed by atoms with Crippen molar-refractivity contribution in [1.82, 2.24) is 0 Å². The van der Waals surface area contributed by atoms with E-state index in [2.05, 4.69) is 15.9 Å². The third-order valence-electron chi connectivity index (χ3n) is 2.93. The molecule has 0 amide bonds. The van der Waals surface area contributed by atoms with Crippen LogP contribution in [0.15, 0.2) is 28.7 Å². The van der Waals surface area contributed by atoms with E-state index in [1.54, 1.807) is 6.07 Å². The Morgan fingerprint density at radius 2 is 1.85 bits per heavy atom. The molecule has 0 fully saturated rings. The monoisotopic (exact) mass is 345 g/mol. The van der Waals surface area contributed by atoms with Crippen molar-refractivity contribution in [3.8, 4) is 5.75 Å². The minimum absolute atomic E-state index is 0.0245. The van der Waals surface area contributed by atoms with Gasteiger partial charge in [-0.15, -0.1) is 0 Å². The van der Waals surface area contributed by atoms with Gasteiger partial charge in [-0.1, -0.05) is 22.0 Å². The van der Waals surface area contributed by atoms with Gasteiger partial charge in [0.05, 0.1) is 12.8 Å². The van der Waals surface area contributed by atoms with E-state index in [9.17, 15) is 13.2 Å². The Balaban J connectivity index is 2.50. The Morgan fingerprint density at radius 3 is 2.45 bits per heavy atom. The summed E-state index contributed by atoms with van der Waals surface area (Å²) in [6.45, 7) is 0. The number of anilines is 1. The summed E-state index contributed by atoms with van der Waals surface area (Å²) in [4.78, 5) is 0. The molecule has 0 aliphatic carbocycles. The first kappa shape index (κ1) is 14.7. The molecule has 0 aliphatic rings. The van der Waals surface area contributed by atoms with Gasteiger partial charge in [-0.2, -0.15) is 0 Å². The Morgan fingerprint density at radius 1 is 1.15 bits per heavy atom. The zero-order chi connectivity index (χ0) is 14.9. The lowest BCUT2D eigenvalue weighted by Crippen LogP contribution is -2.05. The first-order chi connectivity index (χ1) is 9.43. The minimum Gasteiger partial charge on any atom is -0.494 e. The van der Waals surface area contributed by atoms with Gasteiger partial charge in [-0.3, -0.25) is 0 Å². The third kappa shape index (κ3) is 2.75. The van der Waals surface area contributed by atoms with Gasteiger partial charge in [-0.05, 0) is 17.7 Å². The van der Waals surface area contributed by atoms with Gasteiger partial charge in [0.1, 0.15) is 11.6 Å². The average molecular weight is 346 g/mol. The summed E-state index contributed by atoms with van der Waals surface area (Å²) in [6, 6.07) is 5.21. The maximum absolute atomic E-state index is 13.8. The Labute approximate surface area is 122 Å². The van der Waals surface area contributed by atoms with E-state index in [4.69, 9.17) is 10.5 Å². The molecule has 0 aliphatic heterocycles. The van der Waals surface area contributed by atoms with Gasteiger partial charge in [-0.25, -0.2) is 13.2 Å². The second-order valence-corrected chi connectivity index (χ2v) is 5.10. The van der Waals surface area contributed by atoms with Gasteiger partial charge in [0.15, 0.2) is 11.6 Å². The first-order valence-corrected chi connectivity index (χ1v) is 6.47. The SMILES string of the molecule is COc1cc(F)c(F)c(Cc2ccc(Br)cc2F)c1N. The molecule has 2 N–H and O–H groups in total. The molecular weight excluding hydrogens is 335 g/mol. The fourth-order valence-electron chi connectivity index (χ4n) is 1.86. The van der Waals surface area contributed by atoms with E-state index >= 15 is 0 Å². The topological polar surface area (TPSA) is 35.2 Å². The van der Waals surface area contributed by atoms with E-state index in [-0.39, 0.29) is 29.0 Å². The van der Waals surface area contributed by atoms with E-state index in [1.807, 2.05) is 0 Å². The highest BCUT2D eigenvalue weighted by atomic mass is 79.9. The molecule has 6 heteroatoms. The lowest BCUT2D eigenvalue weighted by atomic mass is 10.0. The van der Waals surface area contributed by atoms with Crippen molar-refractivity contribution in [2.24, 2.45) is 0 Å². The van der Waals surface area contributed by atoms with Crippen LogP contribution in [0.1, 0.15) is 11.1 Å². The lowest BCUT2D eigenvalue weighted by molar-refractivity contribution is 0.407. The molecule has 0 saturated carbocycles. The lowest BCUT2D eigenvalue weighted by Gasteiger charge is -2.12. The smallest absolute Gasteiger partial charge is 0.164 e. The number of nitrogens with two attached hydrogens (primary N) is 1. The van der Waals surface area contributed by atoms with Crippen LogP contribution in [0.2, 0.25) is 0 Å². The molecule has 0 unspecified atom stereocenters. The minimum atomic E-state index is -1.09. The van der Waals surface area contributed by atoms with Crippen molar-refractivity contribution >= 4 is 21.6 Å². The van der Waals surface area contributed by atoms with Crippen LogP contribution < -0.4 is 10.5 Å². The molecule has 2 aromatic rings. The van der Waals surface area contributed by atoms with Crippen molar-refractivity contribution < 1.29 is 17.9 Å². The Kier molecular flexibility index (Phi) is 4.23. The zero-order valence-corrected chi connectivity index (χ0v) is 12.1. The number of hydrogen-bond donors (Lipinski definition) is 1. The van der Waals surface area contributed by atoms with Crippen molar-refractivity contribution in [2.75, 3.05) is 12.8 Å². The summed E-state index contributed by atoms with van der Waals surface area (Å²) in [5.74, 6) is -2.67. The quantitative estimate of drug-likeness (QED) is 0.851. The summed E-state index contributed by atoms with van der Waals surface area (Å²) >= 11 is 3.13. The largest absolute Gasteiger partial charge is 0.494 e. The summed E-state index contributed by atoms with van der Waals surface area (Å²) in [7, 11) is 1.30. The van der Waals surface area contributed by atoms with Crippen LogP contribution in [-0.4, -0.2) is 7.11 Å². The molecule has 2 aromatic carbocycles. The van der Waals surface area contributed by atoms with Crippen LogP contribution in [-0.2, 0) is 6.42 Å². The number of rotatable bonds is 3. The molecule has 2 rings (SSSR count). The number of benzene rings is 2. The van der Waals surface area contributed by atoms with Crippen LogP contribution in [0.4, 0.5) is 18.9 Å². The molecule has 0 spiro atoms. The number of hydrogen-bond acceptors (Lipinski definition) is 2. The average Bonchev–Trinajstić information content (AvgIpc) is 2.41. The van der Waals surface area contributed by atoms with Crippen LogP contribution in [0.3, 0.4) is 0 Å². The van der Waals surface area contributed by atoms with Crippen LogP contribution in [0.25, 0.3) is 0 Å². The maximum atomic E-state index is 13.8. The fourth-order valence-corrected chi connectivity index (χ4v) is 2.20. The van der Waals surface area contributed by atoms with Gasteiger partial charge in [0.25, 0.3) is 0 Å². The van der Waals surface area contributed by atoms with Gasteiger partial charge < -0.3 is 10.5 Å². The summed E-state index contributed by atoms with van der Waals surface area (Å²) < 4.78 is 46.5. The zero-order valence-electron chi connectivity index (χ0n) is 10.5. The van der Waals surface area contributed by atoms with Crippen molar-refractivity contribution in [1.29, 1.82) is 0 Å². The predicted molar refractivity (Wildman–Crippen MR) is 74.2 cm³/mol. The van der Waals surface area contributed by atoms with Crippen molar-refractivity contribution in [3.05, 3.63) is 57.3 Å². The predicted octanol–water partition coefficient (Wildman–Crippen LogP) is 4.05. The summed E-state index contributed by atoms with van der Waals surface area (Å²) in [5, 5.41) is 0. The molecule has 0 bridgehead atoms. The van der Waals surface area contributed by atoms with Gasteiger partial charge in [0, 0.05) is 22.5 Å². The second-order valence-electron chi connectivity index (χ2n) is 4.18. The standard InChI is InChI=1S/C14H11BrF3NO/c1-20-12-6-11(17)13(18)9(14(12)19)4-7-2-3-8(15)5-10(7)16/h2-3,5-6H,4,19H2,1H3.